The maximum Gasteiger partial charge on any atom is 0.119 e. The number of nitrogens with zero attached hydrogens (tertiary/aromatic N) is 2. The van der Waals surface area contributed by atoms with Crippen LogP contribution in [0.2, 0.25) is 0 Å². The smallest absolute Gasteiger partial charge is 0.119 e. The highest BCUT2D eigenvalue weighted by Gasteiger charge is 2.37. The Labute approximate surface area is 187 Å². The first-order valence-electron chi connectivity index (χ1n) is 11.2. The van der Waals surface area contributed by atoms with Gasteiger partial charge in [0.1, 0.15) is 12.0 Å². The van der Waals surface area contributed by atoms with Gasteiger partial charge < -0.3 is 14.9 Å². The maximum atomic E-state index is 11.4. The van der Waals surface area contributed by atoms with E-state index in [1.165, 1.54) is 5.39 Å². The van der Waals surface area contributed by atoms with E-state index in [0.717, 1.165) is 27.5 Å². The Morgan fingerprint density at radius 2 is 1.62 bits per heavy atom. The molecule has 2 N–H and O–H groups in total. The van der Waals surface area contributed by atoms with Gasteiger partial charge in [0.2, 0.25) is 0 Å². The van der Waals surface area contributed by atoms with Crippen molar-refractivity contribution in [3.05, 3.63) is 84.7 Å². The molecule has 0 bridgehead atoms. The maximum absolute atomic E-state index is 11.4. The van der Waals surface area contributed by atoms with Crippen molar-refractivity contribution in [2.24, 2.45) is 0 Å². The van der Waals surface area contributed by atoms with Crippen molar-refractivity contribution in [2.45, 2.75) is 31.1 Å². The SMILES string of the molecule is O[C@H](CCOc1ccc2ccccc2c1)N1CCC(O)(c2cncc3ccccc23)CC1. The Balaban J connectivity index is 1.17. The summed E-state index contributed by atoms with van der Waals surface area (Å²) in [6.45, 7) is 1.68. The summed E-state index contributed by atoms with van der Waals surface area (Å²) in [6, 6.07) is 22.3. The molecule has 0 radical (unpaired) electrons. The van der Waals surface area contributed by atoms with Crippen LogP contribution in [-0.4, -0.2) is 46.0 Å². The number of rotatable bonds is 6. The van der Waals surface area contributed by atoms with Gasteiger partial charge in [-0.05, 0) is 41.1 Å². The molecule has 4 aromatic rings. The van der Waals surface area contributed by atoms with Gasteiger partial charge in [0.25, 0.3) is 0 Å². The van der Waals surface area contributed by atoms with Gasteiger partial charge in [-0.1, -0.05) is 54.6 Å². The van der Waals surface area contributed by atoms with Crippen LogP contribution in [0.4, 0.5) is 0 Å². The van der Waals surface area contributed by atoms with Gasteiger partial charge in [-0.15, -0.1) is 0 Å². The number of ether oxygens (including phenoxy) is 1. The second-order valence-electron chi connectivity index (χ2n) is 8.60. The van der Waals surface area contributed by atoms with Gasteiger partial charge in [-0.2, -0.15) is 0 Å². The Hall–Kier alpha value is -2.99. The number of aliphatic hydroxyl groups excluding tert-OH is 1. The molecular weight excluding hydrogens is 400 g/mol. The van der Waals surface area contributed by atoms with E-state index in [2.05, 4.69) is 23.2 Å². The first kappa shape index (κ1) is 20.9. The zero-order chi connectivity index (χ0) is 22.0. The summed E-state index contributed by atoms with van der Waals surface area (Å²) in [4.78, 5) is 6.36. The van der Waals surface area contributed by atoms with Crippen LogP contribution in [0.5, 0.6) is 5.75 Å². The molecule has 32 heavy (non-hydrogen) atoms. The number of fused-ring (bicyclic) bond motifs is 2. The summed E-state index contributed by atoms with van der Waals surface area (Å²) >= 11 is 0. The minimum atomic E-state index is -0.925. The topological polar surface area (TPSA) is 65.8 Å². The van der Waals surface area contributed by atoms with Crippen LogP contribution in [0.1, 0.15) is 24.8 Å². The van der Waals surface area contributed by atoms with Crippen LogP contribution in [-0.2, 0) is 5.60 Å². The minimum absolute atomic E-state index is 0.438. The molecule has 164 valence electrons. The fraction of sp³-hybridized carbons (Fsp3) is 0.296. The highest BCUT2D eigenvalue weighted by atomic mass is 16.5. The number of piperidine rings is 1. The Morgan fingerprint density at radius 3 is 2.44 bits per heavy atom. The molecule has 0 aliphatic carbocycles. The monoisotopic (exact) mass is 428 g/mol. The summed E-state index contributed by atoms with van der Waals surface area (Å²) in [5.74, 6) is 0.812. The van der Waals surface area contributed by atoms with Crippen LogP contribution in [0.3, 0.4) is 0 Å². The van der Waals surface area contributed by atoms with Crippen LogP contribution in [0.15, 0.2) is 79.1 Å². The summed E-state index contributed by atoms with van der Waals surface area (Å²) < 4.78 is 5.89. The summed E-state index contributed by atoms with van der Waals surface area (Å²) in [7, 11) is 0. The number of likely N-dealkylation sites (tertiary alicyclic amines) is 1. The number of hydrogen-bond donors (Lipinski definition) is 2. The van der Waals surface area contributed by atoms with Crippen molar-refractivity contribution in [1.29, 1.82) is 0 Å². The lowest BCUT2D eigenvalue weighted by Gasteiger charge is -2.40. The third-order valence-corrected chi connectivity index (χ3v) is 6.58. The fourth-order valence-electron chi connectivity index (χ4n) is 4.67. The van der Waals surface area contributed by atoms with Gasteiger partial charge in [-0.25, -0.2) is 0 Å². The number of pyridine rings is 1. The molecule has 5 heteroatoms. The average Bonchev–Trinajstić information content (AvgIpc) is 2.84. The number of hydrogen-bond acceptors (Lipinski definition) is 5. The molecule has 5 rings (SSSR count). The van der Waals surface area contributed by atoms with Crippen molar-refractivity contribution < 1.29 is 14.9 Å². The lowest BCUT2D eigenvalue weighted by molar-refractivity contribution is -0.0814. The molecule has 0 amide bonds. The van der Waals surface area contributed by atoms with Gasteiger partial charge in [0, 0.05) is 42.9 Å². The summed E-state index contributed by atoms with van der Waals surface area (Å²) in [5, 5.41) is 26.5. The van der Waals surface area contributed by atoms with Gasteiger partial charge in [0.15, 0.2) is 0 Å². The van der Waals surface area contributed by atoms with E-state index in [0.29, 0.717) is 39.0 Å². The molecule has 2 heterocycles. The fourth-order valence-corrected chi connectivity index (χ4v) is 4.67. The van der Waals surface area contributed by atoms with E-state index in [1.54, 1.807) is 6.20 Å². The number of aromatic nitrogens is 1. The van der Waals surface area contributed by atoms with Crippen LogP contribution in [0, 0.1) is 0 Å². The van der Waals surface area contributed by atoms with Crippen molar-refractivity contribution >= 4 is 21.5 Å². The highest BCUT2D eigenvalue weighted by Crippen LogP contribution is 2.36. The summed E-state index contributed by atoms with van der Waals surface area (Å²) in [5.41, 5.74) is -0.0459. The molecule has 1 aliphatic rings. The normalized spacial score (nSPS) is 17.4. The average molecular weight is 429 g/mol. The molecular formula is C27H28N2O3. The van der Waals surface area contributed by atoms with Gasteiger partial charge in [-0.3, -0.25) is 9.88 Å². The van der Waals surface area contributed by atoms with E-state index in [-0.39, 0.29) is 0 Å². The van der Waals surface area contributed by atoms with E-state index >= 15 is 0 Å². The van der Waals surface area contributed by atoms with E-state index in [9.17, 15) is 10.2 Å². The van der Waals surface area contributed by atoms with Crippen molar-refractivity contribution in [3.8, 4) is 5.75 Å². The van der Waals surface area contributed by atoms with Gasteiger partial charge in [0.05, 0.1) is 12.2 Å². The van der Waals surface area contributed by atoms with Crippen molar-refractivity contribution in [3.63, 3.8) is 0 Å². The first-order valence-corrected chi connectivity index (χ1v) is 11.2. The van der Waals surface area contributed by atoms with E-state index in [4.69, 9.17) is 4.74 Å². The van der Waals surface area contributed by atoms with Crippen LogP contribution >= 0.6 is 0 Å². The zero-order valence-electron chi connectivity index (χ0n) is 18.0. The molecule has 1 fully saturated rings. The van der Waals surface area contributed by atoms with E-state index in [1.807, 2.05) is 59.6 Å². The standard InChI is InChI=1S/C27H28N2O3/c30-26(11-16-32-23-10-9-20-5-1-2-6-21(20)17-23)29-14-12-27(31,13-15-29)25-19-28-18-22-7-3-4-8-24(22)25/h1-10,17-19,26,30-31H,11-16H2/t26-/m1/s1. The van der Waals surface area contributed by atoms with Gasteiger partial charge >= 0.3 is 0 Å². The van der Waals surface area contributed by atoms with Crippen molar-refractivity contribution in [2.75, 3.05) is 19.7 Å². The Morgan fingerprint density at radius 1 is 0.906 bits per heavy atom. The van der Waals surface area contributed by atoms with E-state index < -0.39 is 11.8 Å². The molecule has 0 unspecified atom stereocenters. The molecule has 3 aromatic carbocycles. The molecule has 0 saturated carbocycles. The predicted molar refractivity (Wildman–Crippen MR) is 127 cm³/mol. The third-order valence-electron chi connectivity index (χ3n) is 6.58. The lowest BCUT2D eigenvalue weighted by atomic mass is 9.83. The lowest BCUT2D eigenvalue weighted by Crippen LogP contribution is -2.47. The third kappa shape index (κ3) is 4.19. The molecule has 5 nitrogen and oxygen atoms in total. The molecule has 0 spiro atoms. The first-order chi connectivity index (χ1) is 15.6. The Kier molecular flexibility index (Phi) is 5.79. The predicted octanol–water partition coefficient (Wildman–Crippen LogP) is 4.46. The largest absolute Gasteiger partial charge is 0.493 e. The van der Waals surface area contributed by atoms with Crippen LogP contribution < -0.4 is 4.74 Å². The highest BCUT2D eigenvalue weighted by molar-refractivity contribution is 5.85. The number of aliphatic hydroxyl groups is 2. The zero-order valence-corrected chi connectivity index (χ0v) is 18.0. The van der Waals surface area contributed by atoms with Crippen molar-refractivity contribution in [1.82, 2.24) is 9.88 Å². The Bertz CT molecular complexity index is 1210. The number of benzene rings is 3. The molecule has 1 saturated heterocycles. The quantitative estimate of drug-likeness (QED) is 0.475. The summed E-state index contributed by atoms with van der Waals surface area (Å²) in [6.07, 6.45) is 4.66. The second-order valence-corrected chi connectivity index (χ2v) is 8.60. The van der Waals surface area contributed by atoms with Crippen LogP contribution in [0.25, 0.3) is 21.5 Å². The molecule has 1 aromatic heterocycles. The molecule has 1 atom stereocenters. The minimum Gasteiger partial charge on any atom is -0.493 e. The second kappa shape index (κ2) is 8.87. The molecule has 1 aliphatic heterocycles.